The fourth-order valence-electron chi connectivity index (χ4n) is 3.90. The van der Waals surface area contributed by atoms with E-state index in [9.17, 15) is 19.2 Å². The fourth-order valence-corrected chi connectivity index (χ4v) is 3.90. The topological polar surface area (TPSA) is 121 Å². The van der Waals surface area contributed by atoms with E-state index in [1.807, 2.05) is 20.8 Å². The number of piperidine rings is 1. The summed E-state index contributed by atoms with van der Waals surface area (Å²) in [6.07, 6.45) is 2.40. The maximum absolute atomic E-state index is 14.6. The summed E-state index contributed by atoms with van der Waals surface area (Å²) in [7, 11) is 1.52. The molecule has 2 heterocycles. The van der Waals surface area contributed by atoms with Crippen LogP contribution in [0.25, 0.3) is 0 Å². The number of nitrogens with zero attached hydrogens (tertiary/aromatic N) is 5. The Morgan fingerprint density at radius 2 is 2.00 bits per heavy atom. The maximum atomic E-state index is 14.6. The molecule has 0 spiro atoms. The number of rotatable bonds is 7. The number of carbonyl (C=O) groups is 2. The maximum Gasteiger partial charge on any atom is 0.410 e. The summed E-state index contributed by atoms with van der Waals surface area (Å²) in [6.45, 7) is 6.31. The Labute approximate surface area is 209 Å². The van der Waals surface area contributed by atoms with Crippen molar-refractivity contribution in [1.82, 2.24) is 19.6 Å². The van der Waals surface area contributed by atoms with Crippen LogP contribution in [0.15, 0.2) is 24.4 Å². The van der Waals surface area contributed by atoms with E-state index in [-0.39, 0.29) is 43.2 Å². The highest BCUT2D eigenvalue weighted by Gasteiger charge is 2.29. The lowest BCUT2D eigenvalue weighted by molar-refractivity contribution is 0.0184. The number of ether oxygens (including phenoxy) is 2. The Morgan fingerprint density at radius 1 is 1.31 bits per heavy atom. The van der Waals surface area contributed by atoms with Gasteiger partial charge in [-0.2, -0.15) is 10.4 Å². The number of hydrogen-bond donors (Lipinski definition) is 1. The van der Waals surface area contributed by atoms with Crippen LogP contribution >= 0.6 is 0 Å². The van der Waals surface area contributed by atoms with Crippen molar-refractivity contribution in [3.8, 4) is 11.8 Å². The van der Waals surface area contributed by atoms with E-state index < -0.39 is 17.3 Å². The lowest BCUT2D eigenvalue weighted by Crippen LogP contribution is -2.42. The van der Waals surface area contributed by atoms with Gasteiger partial charge in [-0.05, 0) is 51.8 Å². The average Bonchev–Trinajstić information content (AvgIpc) is 3.24. The molecule has 0 radical (unpaired) electrons. The summed E-state index contributed by atoms with van der Waals surface area (Å²) in [4.78, 5) is 27.5. The highest BCUT2D eigenvalue weighted by molar-refractivity contribution is 5.94. The minimum absolute atomic E-state index is 0.0568. The quantitative estimate of drug-likeness (QED) is 0.619. The summed E-state index contributed by atoms with van der Waals surface area (Å²) < 4.78 is 27.2. The number of likely N-dealkylation sites (N-methyl/N-ethyl adjacent to an activating group) is 1. The number of hydrogen-bond acceptors (Lipinski definition) is 7. The summed E-state index contributed by atoms with van der Waals surface area (Å²) >= 11 is 0. The van der Waals surface area contributed by atoms with E-state index in [0.717, 1.165) is 6.07 Å². The minimum Gasteiger partial charge on any atom is -0.486 e. The zero-order valence-corrected chi connectivity index (χ0v) is 21.0. The second kappa shape index (κ2) is 11.4. The smallest absolute Gasteiger partial charge is 0.410 e. The van der Waals surface area contributed by atoms with Gasteiger partial charge in [0.25, 0.3) is 5.91 Å². The van der Waals surface area contributed by atoms with Gasteiger partial charge >= 0.3 is 6.09 Å². The van der Waals surface area contributed by atoms with Gasteiger partial charge in [-0.3, -0.25) is 9.48 Å². The number of aromatic nitrogens is 2. The number of carbonyl (C=O) groups excluding carboxylic acids is 2. The molecular weight excluding hydrogens is 469 g/mol. The molecule has 0 bridgehead atoms. The van der Waals surface area contributed by atoms with Crippen LogP contribution in [0.2, 0.25) is 0 Å². The number of aliphatic hydroxyl groups is 1. The first kappa shape index (κ1) is 26.9. The first-order valence-electron chi connectivity index (χ1n) is 11.8. The van der Waals surface area contributed by atoms with Crippen molar-refractivity contribution in [3.05, 3.63) is 47.0 Å². The lowest BCUT2D eigenvalue weighted by Gasteiger charge is -2.33. The molecule has 0 unspecified atom stereocenters. The highest BCUT2D eigenvalue weighted by Crippen LogP contribution is 2.27. The van der Waals surface area contributed by atoms with Crippen LogP contribution in [-0.4, -0.2) is 75.6 Å². The van der Waals surface area contributed by atoms with E-state index in [1.54, 1.807) is 9.58 Å². The molecule has 2 amide bonds. The largest absolute Gasteiger partial charge is 0.486 e. The van der Waals surface area contributed by atoms with E-state index in [4.69, 9.17) is 14.6 Å². The molecule has 10 nitrogen and oxygen atoms in total. The molecule has 0 atom stereocenters. The minimum atomic E-state index is -0.710. The van der Waals surface area contributed by atoms with Gasteiger partial charge in [0.05, 0.1) is 18.8 Å². The van der Waals surface area contributed by atoms with Crippen LogP contribution < -0.4 is 4.74 Å². The summed E-state index contributed by atoms with van der Waals surface area (Å²) in [6, 6.07) is 5.98. The molecule has 36 heavy (non-hydrogen) atoms. The van der Waals surface area contributed by atoms with Crippen LogP contribution in [0.3, 0.4) is 0 Å². The van der Waals surface area contributed by atoms with Crippen molar-refractivity contribution >= 4 is 12.0 Å². The van der Waals surface area contributed by atoms with Crippen LogP contribution in [0, 0.1) is 17.1 Å². The third-order valence-electron chi connectivity index (χ3n) is 5.78. The highest BCUT2D eigenvalue weighted by atomic mass is 19.1. The number of halogens is 1. The normalized spacial score (nSPS) is 14.3. The average molecular weight is 502 g/mol. The molecule has 1 saturated heterocycles. The van der Waals surface area contributed by atoms with Crippen LogP contribution in [-0.2, 0) is 11.3 Å². The molecule has 1 fully saturated rings. The van der Waals surface area contributed by atoms with Crippen molar-refractivity contribution < 1.29 is 28.6 Å². The van der Waals surface area contributed by atoms with Gasteiger partial charge in [0, 0.05) is 37.8 Å². The van der Waals surface area contributed by atoms with Gasteiger partial charge in [0.15, 0.2) is 11.6 Å². The van der Waals surface area contributed by atoms with E-state index in [1.165, 1.54) is 30.3 Å². The zero-order chi connectivity index (χ0) is 26.5. The van der Waals surface area contributed by atoms with Gasteiger partial charge in [-0.15, -0.1) is 0 Å². The lowest BCUT2D eigenvalue weighted by atomic mass is 10.1. The van der Waals surface area contributed by atoms with E-state index in [0.29, 0.717) is 37.2 Å². The first-order valence-corrected chi connectivity index (χ1v) is 11.8. The predicted molar refractivity (Wildman–Crippen MR) is 128 cm³/mol. The monoisotopic (exact) mass is 501 g/mol. The number of benzene rings is 1. The number of amides is 2. The van der Waals surface area contributed by atoms with Crippen molar-refractivity contribution in [2.24, 2.45) is 0 Å². The number of nitriles is 1. The second-order valence-electron chi connectivity index (χ2n) is 9.66. The molecule has 11 heteroatoms. The molecule has 0 saturated carbocycles. The van der Waals surface area contributed by atoms with E-state index >= 15 is 0 Å². The standard InChI is InChI=1S/C25H32FN5O5/c1-25(2,3)36-24(34)30-9-7-19(8-10-30)31-21(14-27)18(15-28-31)16-35-22-6-5-17(13-20(22)26)23(33)29(4)11-12-32/h5-6,13,15,19,32H,7-12,16H2,1-4H3. The number of aliphatic hydroxyl groups excluding tert-OH is 1. The molecule has 1 aromatic carbocycles. The van der Waals surface area contributed by atoms with Gasteiger partial charge < -0.3 is 24.4 Å². The van der Waals surface area contributed by atoms with Gasteiger partial charge in [0.2, 0.25) is 0 Å². The van der Waals surface area contributed by atoms with Gasteiger partial charge in [0.1, 0.15) is 24.0 Å². The Hall–Kier alpha value is -3.65. The Kier molecular flexibility index (Phi) is 8.53. The Morgan fingerprint density at radius 3 is 2.58 bits per heavy atom. The van der Waals surface area contributed by atoms with E-state index in [2.05, 4.69) is 11.2 Å². The van der Waals surface area contributed by atoms with Crippen molar-refractivity contribution in [1.29, 1.82) is 5.26 Å². The van der Waals surface area contributed by atoms with Crippen LogP contribution in [0.4, 0.5) is 9.18 Å². The van der Waals surface area contributed by atoms with Crippen molar-refractivity contribution in [2.45, 2.75) is 51.9 Å². The molecule has 1 N–H and O–H groups in total. The molecule has 1 aromatic heterocycles. The zero-order valence-electron chi connectivity index (χ0n) is 21.0. The molecular formula is C25H32FN5O5. The summed E-state index contributed by atoms with van der Waals surface area (Å²) in [5.74, 6) is -1.18. The molecule has 1 aliphatic rings. The molecule has 194 valence electrons. The predicted octanol–water partition coefficient (Wildman–Crippen LogP) is 3.11. The van der Waals surface area contributed by atoms with Gasteiger partial charge in [-0.1, -0.05) is 0 Å². The summed E-state index contributed by atoms with van der Waals surface area (Å²) in [5.41, 5.74) is 0.404. The van der Waals surface area contributed by atoms with Crippen LogP contribution in [0.5, 0.6) is 5.75 Å². The fraction of sp³-hybridized carbons (Fsp3) is 0.520. The summed E-state index contributed by atoms with van der Waals surface area (Å²) in [5, 5.41) is 23.1. The molecule has 1 aliphatic heterocycles. The van der Waals surface area contributed by atoms with Gasteiger partial charge in [-0.25, -0.2) is 9.18 Å². The first-order chi connectivity index (χ1) is 17.0. The number of likely N-dealkylation sites (tertiary alicyclic amines) is 1. The van der Waals surface area contributed by atoms with Crippen molar-refractivity contribution in [2.75, 3.05) is 33.3 Å². The SMILES string of the molecule is CN(CCO)C(=O)c1ccc(OCc2cnn(C3CCN(C(=O)OC(C)(C)C)CC3)c2C#N)c(F)c1. The molecule has 2 aromatic rings. The molecule has 3 rings (SSSR count). The Bertz CT molecular complexity index is 1130. The molecule has 0 aliphatic carbocycles. The third-order valence-corrected chi connectivity index (χ3v) is 5.78. The van der Waals surface area contributed by atoms with Crippen molar-refractivity contribution in [3.63, 3.8) is 0 Å². The van der Waals surface area contributed by atoms with Crippen LogP contribution in [0.1, 0.15) is 61.3 Å². The Balaban J connectivity index is 1.63. The second-order valence-corrected chi connectivity index (χ2v) is 9.66. The third kappa shape index (κ3) is 6.51.